The quantitative estimate of drug-likeness (QED) is 0.859. The highest BCUT2D eigenvalue weighted by Crippen LogP contribution is 2.25. The molecule has 1 aromatic heterocycles. The van der Waals surface area contributed by atoms with Crippen LogP contribution in [0.5, 0.6) is 0 Å². The zero-order valence-corrected chi connectivity index (χ0v) is 11.3. The van der Waals surface area contributed by atoms with Gasteiger partial charge in [-0.3, -0.25) is 0 Å². The lowest BCUT2D eigenvalue weighted by molar-refractivity contribution is 0.577. The fraction of sp³-hybridized carbons (Fsp3) is 0.769. The molecule has 104 valence electrons. The first-order valence-corrected chi connectivity index (χ1v) is 7.31. The Hall–Kier alpha value is -1.59. The Morgan fingerprint density at radius 2 is 1.79 bits per heavy atom. The van der Waals surface area contributed by atoms with E-state index in [0.717, 1.165) is 31.5 Å². The van der Waals surface area contributed by atoms with Gasteiger partial charge in [0.1, 0.15) is 0 Å². The Kier molecular flexibility index (Phi) is 3.66. The normalized spacial score (nSPS) is 20.1. The summed E-state index contributed by atoms with van der Waals surface area (Å²) in [6, 6.07) is 0. The molecule has 0 unspecified atom stereocenters. The Morgan fingerprint density at radius 3 is 2.53 bits per heavy atom. The molecule has 0 spiro atoms. The van der Waals surface area contributed by atoms with Crippen molar-refractivity contribution in [1.82, 2.24) is 15.0 Å². The molecule has 19 heavy (non-hydrogen) atoms. The van der Waals surface area contributed by atoms with E-state index in [1.165, 1.54) is 38.5 Å². The summed E-state index contributed by atoms with van der Waals surface area (Å²) in [6.45, 7) is 2.99. The maximum absolute atomic E-state index is 5.78. The number of hydrogen-bond donors (Lipinski definition) is 2. The zero-order chi connectivity index (χ0) is 13.1. The largest absolute Gasteiger partial charge is 0.368 e. The molecule has 2 fully saturated rings. The molecule has 1 aliphatic carbocycles. The molecule has 0 amide bonds. The molecular weight excluding hydrogens is 240 g/mol. The Balaban J connectivity index is 1.66. The summed E-state index contributed by atoms with van der Waals surface area (Å²) in [5.74, 6) is 2.42. The Morgan fingerprint density at radius 1 is 1.05 bits per heavy atom. The smallest absolute Gasteiger partial charge is 0.231 e. The van der Waals surface area contributed by atoms with Crippen LogP contribution in [-0.2, 0) is 0 Å². The van der Waals surface area contributed by atoms with E-state index in [1.54, 1.807) is 0 Å². The third-order valence-electron chi connectivity index (χ3n) is 4.05. The van der Waals surface area contributed by atoms with Gasteiger partial charge in [-0.2, -0.15) is 15.0 Å². The third kappa shape index (κ3) is 3.05. The molecule has 2 heterocycles. The molecule has 0 aromatic carbocycles. The van der Waals surface area contributed by atoms with Gasteiger partial charge in [-0.1, -0.05) is 12.8 Å². The van der Waals surface area contributed by atoms with Crippen LogP contribution in [-0.4, -0.2) is 34.6 Å². The van der Waals surface area contributed by atoms with Gasteiger partial charge in [-0.05, 0) is 31.6 Å². The third-order valence-corrected chi connectivity index (χ3v) is 4.05. The first-order valence-electron chi connectivity index (χ1n) is 7.31. The Labute approximate surface area is 113 Å². The van der Waals surface area contributed by atoms with Crippen LogP contribution >= 0.6 is 0 Å². The maximum atomic E-state index is 5.78. The maximum Gasteiger partial charge on any atom is 0.231 e. The second-order valence-corrected chi connectivity index (χ2v) is 5.54. The van der Waals surface area contributed by atoms with Gasteiger partial charge in [-0.25, -0.2) is 0 Å². The predicted molar refractivity (Wildman–Crippen MR) is 76.1 cm³/mol. The van der Waals surface area contributed by atoms with E-state index in [-0.39, 0.29) is 0 Å². The van der Waals surface area contributed by atoms with Crippen molar-refractivity contribution in [3.05, 3.63) is 0 Å². The van der Waals surface area contributed by atoms with Gasteiger partial charge in [-0.15, -0.1) is 0 Å². The molecule has 1 aliphatic heterocycles. The molecule has 0 bridgehead atoms. The van der Waals surface area contributed by atoms with Gasteiger partial charge in [0.2, 0.25) is 17.8 Å². The van der Waals surface area contributed by atoms with E-state index >= 15 is 0 Å². The van der Waals surface area contributed by atoms with Crippen molar-refractivity contribution in [3.8, 4) is 0 Å². The van der Waals surface area contributed by atoms with Gasteiger partial charge in [0.05, 0.1) is 0 Å². The van der Waals surface area contributed by atoms with Crippen molar-refractivity contribution < 1.29 is 0 Å². The van der Waals surface area contributed by atoms with Gasteiger partial charge in [0.25, 0.3) is 0 Å². The highest BCUT2D eigenvalue weighted by molar-refractivity contribution is 5.42. The number of nitrogens with two attached hydrogens (primary N) is 1. The lowest BCUT2D eigenvalue weighted by Gasteiger charge is -2.16. The number of hydrogen-bond acceptors (Lipinski definition) is 6. The minimum Gasteiger partial charge on any atom is -0.368 e. The standard InChI is InChI=1S/C13H22N6/c14-11-16-12(15-9-10-5-1-2-6-10)18-13(17-11)19-7-3-4-8-19/h10H,1-9H2,(H3,14,15,16,17,18). The van der Waals surface area contributed by atoms with Crippen LogP contribution in [0, 0.1) is 5.92 Å². The van der Waals surface area contributed by atoms with Gasteiger partial charge in [0, 0.05) is 19.6 Å². The fourth-order valence-corrected chi connectivity index (χ4v) is 2.97. The number of nitrogen functional groups attached to an aromatic ring is 1. The lowest BCUT2D eigenvalue weighted by Crippen LogP contribution is -2.23. The van der Waals surface area contributed by atoms with Crippen LogP contribution in [0.1, 0.15) is 38.5 Å². The fourth-order valence-electron chi connectivity index (χ4n) is 2.97. The zero-order valence-electron chi connectivity index (χ0n) is 11.3. The van der Waals surface area contributed by atoms with E-state index < -0.39 is 0 Å². The van der Waals surface area contributed by atoms with Crippen molar-refractivity contribution in [1.29, 1.82) is 0 Å². The van der Waals surface area contributed by atoms with E-state index in [2.05, 4.69) is 25.2 Å². The van der Waals surface area contributed by atoms with Gasteiger partial charge in [0.15, 0.2) is 0 Å². The molecule has 2 aliphatic rings. The van der Waals surface area contributed by atoms with E-state index in [4.69, 9.17) is 5.73 Å². The minimum absolute atomic E-state index is 0.311. The van der Waals surface area contributed by atoms with Crippen LogP contribution in [0.4, 0.5) is 17.8 Å². The van der Waals surface area contributed by atoms with Crippen molar-refractivity contribution in [3.63, 3.8) is 0 Å². The number of anilines is 3. The molecule has 0 atom stereocenters. The molecule has 1 saturated heterocycles. The molecule has 6 nitrogen and oxygen atoms in total. The van der Waals surface area contributed by atoms with Crippen molar-refractivity contribution >= 4 is 17.8 Å². The summed E-state index contributed by atoms with van der Waals surface area (Å²) in [6.07, 6.45) is 7.74. The highest BCUT2D eigenvalue weighted by atomic mass is 15.3. The average molecular weight is 262 g/mol. The number of nitrogens with one attached hydrogen (secondary N) is 1. The molecule has 1 saturated carbocycles. The van der Waals surface area contributed by atoms with Crippen molar-refractivity contribution in [2.45, 2.75) is 38.5 Å². The van der Waals surface area contributed by atoms with Crippen molar-refractivity contribution in [2.24, 2.45) is 5.92 Å². The number of aromatic nitrogens is 3. The van der Waals surface area contributed by atoms with Crippen LogP contribution in [0.2, 0.25) is 0 Å². The SMILES string of the molecule is Nc1nc(NCC2CCCC2)nc(N2CCCC2)n1. The summed E-state index contributed by atoms with van der Waals surface area (Å²) >= 11 is 0. The van der Waals surface area contributed by atoms with Crippen molar-refractivity contribution in [2.75, 3.05) is 35.6 Å². The van der Waals surface area contributed by atoms with Crippen LogP contribution in [0.25, 0.3) is 0 Å². The summed E-state index contributed by atoms with van der Waals surface area (Å²) in [4.78, 5) is 15.1. The molecule has 3 N–H and O–H groups in total. The van der Waals surface area contributed by atoms with E-state index in [1.807, 2.05) is 0 Å². The second-order valence-electron chi connectivity index (χ2n) is 5.54. The predicted octanol–water partition coefficient (Wildman–Crippen LogP) is 1.66. The van der Waals surface area contributed by atoms with Gasteiger partial charge >= 0.3 is 0 Å². The monoisotopic (exact) mass is 262 g/mol. The highest BCUT2D eigenvalue weighted by Gasteiger charge is 2.18. The molecule has 6 heteroatoms. The first-order chi connectivity index (χ1) is 9.31. The molecule has 3 rings (SSSR count). The summed E-state index contributed by atoms with van der Waals surface area (Å²) < 4.78 is 0. The van der Waals surface area contributed by atoms with Crippen LogP contribution in [0.3, 0.4) is 0 Å². The number of nitrogens with zero attached hydrogens (tertiary/aromatic N) is 4. The molecule has 0 radical (unpaired) electrons. The lowest BCUT2D eigenvalue weighted by atomic mass is 10.1. The topological polar surface area (TPSA) is 80.0 Å². The summed E-state index contributed by atoms with van der Waals surface area (Å²) in [5, 5.41) is 3.32. The van der Waals surface area contributed by atoms with E-state index in [0.29, 0.717) is 11.9 Å². The molecular formula is C13H22N6. The summed E-state index contributed by atoms with van der Waals surface area (Å²) in [5.41, 5.74) is 5.78. The van der Waals surface area contributed by atoms with Gasteiger partial charge < -0.3 is 16.0 Å². The van der Waals surface area contributed by atoms with E-state index in [9.17, 15) is 0 Å². The molecule has 1 aromatic rings. The number of rotatable bonds is 4. The van der Waals surface area contributed by atoms with Crippen LogP contribution in [0.15, 0.2) is 0 Å². The Bertz CT molecular complexity index is 423. The average Bonchev–Trinajstić information content (AvgIpc) is 3.09. The minimum atomic E-state index is 0.311. The summed E-state index contributed by atoms with van der Waals surface area (Å²) in [7, 11) is 0. The van der Waals surface area contributed by atoms with Crippen LogP contribution < -0.4 is 16.0 Å². The first kappa shape index (κ1) is 12.4. The second kappa shape index (κ2) is 5.59.